The quantitative estimate of drug-likeness (QED) is 0.858. The summed E-state index contributed by atoms with van der Waals surface area (Å²) >= 11 is 0. The van der Waals surface area contributed by atoms with Crippen LogP contribution < -0.4 is 5.73 Å². The lowest BCUT2D eigenvalue weighted by Crippen LogP contribution is -2.48. The second kappa shape index (κ2) is 4.38. The molecule has 0 saturated heterocycles. The molecule has 0 radical (unpaired) electrons. The molecular formula is C8H12F3N3O2. The van der Waals surface area contributed by atoms with Gasteiger partial charge in [-0.3, -0.25) is 0 Å². The summed E-state index contributed by atoms with van der Waals surface area (Å²) in [6.45, 7) is 2.91. The molecule has 16 heavy (non-hydrogen) atoms. The first kappa shape index (κ1) is 12.9. The van der Waals surface area contributed by atoms with Gasteiger partial charge in [0.05, 0.1) is 0 Å². The van der Waals surface area contributed by atoms with E-state index < -0.39 is 17.6 Å². The van der Waals surface area contributed by atoms with Crippen LogP contribution in [0.25, 0.3) is 0 Å². The van der Waals surface area contributed by atoms with Crippen LogP contribution >= 0.6 is 0 Å². The normalized spacial score (nSPS) is 16.1. The Hall–Kier alpha value is -1.15. The number of hydrogen-bond donors (Lipinski definition) is 1. The smallest absolute Gasteiger partial charge is 0.374 e. The summed E-state index contributed by atoms with van der Waals surface area (Å²) in [4.78, 5) is 3.54. The first-order chi connectivity index (χ1) is 7.29. The number of rotatable bonds is 4. The molecule has 0 aliphatic heterocycles. The minimum absolute atomic E-state index is 0.00601. The van der Waals surface area contributed by atoms with Crippen LogP contribution in [-0.4, -0.2) is 22.9 Å². The Morgan fingerprint density at radius 3 is 2.56 bits per heavy atom. The van der Waals surface area contributed by atoms with Crippen LogP contribution in [-0.2, 0) is 16.9 Å². The number of nitrogens with zero attached hydrogens (tertiary/aromatic N) is 2. The Morgan fingerprint density at radius 1 is 1.44 bits per heavy atom. The average Bonchev–Trinajstić information content (AvgIpc) is 2.61. The van der Waals surface area contributed by atoms with Crippen molar-refractivity contribution in [3.05, 3.63) is 11.7 Å². The molecule has 0 amide bonds. The second-order valence-electron chi connectivity index (χ2n) is 3.35. The Bertz CT molecular complexity index is 349. The van der Waals surface area contributed by atoms with Crippen molar-refractivity contribution in [2.24, 2.45) is 5.73 Å². The molecule has 0 aliphatic carbocycles. The van der Waals surface area contributed by atoms with Gasteiger partial charge in [-0.1, -0.05) is 5.16 Å². The van der Waals surface area contributed by atoms with Crippen LogP contribution in [0, 0.1) is 0 Å². The van der Waals surface area contributed by atoms with Gasteiger partial charge in [0, 0.05) is 6.61 Å². The summed E-state index contributed by atoms with van der Waals surface area (Å²) in [5.41, 5.74) is 2.45. The molecule has 0 bridgehead atoms. The monoisotopic (exact) mass is 239 g/mol. The van der Waals surface area contributed by atoms with E-state index in [1.54, 1.807) is 6.92 Å². The van der Waals surface area contributed by atoms with Crippen LogP contribution in [0.2, 0.25) is 0 Å². The van der Waals surface area contributed by atoms with E-state index in [-0.39, 0.29) is 12.4 Å². The Kier molecular flexibility index (Phi) is 3.54. The second-order valence-corrected chi connectivity index (χ2v) is 3.35. The average molecular weight is 239 g/mol. The number of ether oxygens (including phenoxy) is 1. The maximum atomic E-state index is 12.5. The summed E-state index contributed by atoms with van der Waals surface area (Å²) in [5.74, 6) is -0.632. The van der Waals surface area contributed by atoms with Gasteiger partial charge < -0.3 is 15.0 Å². The van der Waals surface area contributed by atoms with Gasteiger partial charge in [-0.25, -0.2) is 0 Å². The number of aromatic nitrogens is 2. The first-order valence-electron chi connectivity index (χ1n) is 4.55. The maximum Gasteiger partial charge on any atom is 0.415 e. The molecule has 0 aliphatic rings. The third kappa shape index (κ3) is 2.50. The van der Waals surface area contributed by atoms with Crippen molar-refractivity contribution in [3.63, 3.8) is 0 Å². The summed E-state index contributed by atoms with van der Waals surface area (Å²) < 4.78 is 46.9. The largest absolute Gasteiger partial charge is 0.415 e. The van der Waals surface area contributed by atoms with Gasteiger partial charge in [-0.2, -0.15) is 18.2 Å². The molecule has 1 aromatic heterocycles. The third-order valence-electron chi connectivity index (χ3n) is 1.94. The van der Waals surface area contributed by atoms with E-state index in [1.165, 1.54) is 0 Å². The molecular weight excluding hydrogens is 227 g/mol. The molecule has 92 valence electrons. The number of halogens is 3. The standard InChI is InChI=1S/C8H12F3N3O2/c1-3-15-4-5-13-6(16-14-5)7(2,12)8(9,10)11/h3-4,12H2,1-2H3. The Labute approximate surface area is 89.8 Å². The van der Waals surface area contributed by atoms with E-state index in [2.05, 4.69) is 14.7 Å². The van der Waals surface area contributed by atoms with Crippen molar-refractivity contribution in [1.29, 1.82) is 0 Å². The van der Waals surface area contributed by atoms with Crippen LogP contribution in [0.3, 0.4) is 0 Å². The third-order valence-corrected chi connectivity index (χ3v) is 1.94. The molecule has 1 unspecified atom stereocenters. The van der Waals surface area contributed by atoms with E-state index in [9.17, 15) is 13.2 Å². The summed E-state index contributed by atoms with van der Waals surface area (Å²) in [6.07, 6.45) is -4.65. The van der Waals surface area contributed by atoms with Gasteiger partial charge >= 0.3 is 6.18 Å². The summed E-state index contributed by atoms with van der Waals surface area (Å²) in [7, 11) is 0. The van der Waals surface area contributed by atoms with E-state index in [0.717, 1.165) is 6.92 Å². The molecule has 0 aromatic carbocycles. The van der Waals surface area contributed by atoms with Crippen LogP contribution in [0.1, 0.15) is 25.6 Å². The van der Waals surface area contributed by atoms with Crippen LogP contribution in [0.15, 0.2) is 4.52 Å². The SMILES string of the molecule is CCOCc1noc(C(C)(N)C(F)(F)F)n1. The first-order valence-corrected chi connectivity index (χ1v) is 4.55. The van der Waals surface area contributed by atoms with Crippen molar-refractivity contribution in [3.8, 4) is 0 Å². The van der Waals surface area contributed by atoms with E-state index in [1.807, 2.05) is 0 Å². The number of alkyl halides is 3. The lowest BCUT2D eigenvalue weighted by atomic mass is 10.0. The predicted molar refractivity (Wildman–Crippen MR) is 47.2 cm³/mol. The molecule has 2 N–H and O–H groups in total. The molecule has 5 nitrogen and oxygen atoms in total. The fourth-order valence-corrected chi connectivity index (χ4v) is 0.838. The highest BCUT2D eigenvalue weighted by Crippen LogP contribution is 2.35. The highest BCUT2D eigenvalue weighted by atomic mass is 19.4. The fraction of sp³-hybridized carbons (Fsp3) is 0.750. The lowest BCUT2D eigenvalue weighted by Gasteiger charge is -2.22. The zero-order chi connectivity index (χ0) is 12.4. The van der Waals surface area contributed by atoms with Crippen molar-refractivity contribution >= 4 is 0 Å². The zero-order valence-electron chi connectivity index (χ0n) is 8.84. The van der Waals surface area contributed by atoms with E-state index in [0.29, 0.717) is 6.61 Å². The Morgan fingerprint density at radius 2 is 2.06 bits per heavy atom. The highest BCUT2D eigenvalue weighted by Gasteiger charge is 2.53. The van der Waals surface area contributed by atoms with Crippen molar-refractivity contribution < 1.29 is 22.4 Å². The topological polar surface area (TPSA) is 74.2 Å². The van der Waals surface area contributed by atoms with Gasteiger partial charge in [0.25, 0.3) is 5.89 Å². The van der Waals surface area contributed by atoms with Crippen LogP contribution in [0.4, 0.5) is 13.2 Å². The fourth-order valence-electron chi connectivity index (χ4n) is 0.838. The molecule has 8 heteroatoms. The lowest BCUT2D eigenvalue weighted by molar-refractivity contribution is -0.190. The Balaban J connectivity index is 2.85. The molecule has 0 spiro atoms. The van der Waals surface area contributed by atoms with Gasteiger partial charge in [0.15, 0.2) is 11.4 Å². The van der Waals surface area contributed by atoms with E-state index in [4.69, 9.17) is 10.5 Å². The van der Waals surface area contributed by atoms with Gasteiger partial charge in [0.2, 0.25) is 0 Å². The highest BCUT2D eigenvalue weighted by molar-refractivity contribution is 5.03. The number of nitrogens with two attached hydrogens (primary N) is 1. The summed E-state index contributed by atoms with van der Waals surface area (Å²) in [6, 6.07) is 0. The molecule has 1 aromatic rings. The van der Waals surface area contributed by atoms with Gasteiger partial charge in [-0.15, -0.1) is 0 Å². The van der Waals surface area contributed by atoms with Crippen molar-refractivity contribution in [1.82, 2.24) is 10.1 Å². The molecule has 1 rings (SSSR count). The predicted octanol–water partition coefficient (Wildman–Crippen LogP) is 1.34. The summed E-state index contributed by atoms with van der Waals surface area (Å²) in [5, 5.41) is 3.34. The molecule has 1 heterocycles. The molecule has 0 saturated carbocycles. The maximum absolute atomic E-state index is 12.5. The molecule has 1 atom stereocenters. The van der Waals surface area contributed by atoms with Gasteiger partial charge in [-0.05, 0) is 13.8 Å². The van der Waals surface area contributed by atoms with Crippen LogP contribution in [0.5, 0.6) is 0 Å². The number of hydrogen-bond acceptors (Lipinski definition) is 5. The zero-order valence-corrected chi connectivity index (χ0v) is 8.84. The van der Waals surface area contributed by atoms with Gasteiger partial charge in [0.1, 0.15) is 6.61 Å². The van der Waals surface area contributed by atoms with Crippen molar-refractivity contribution in [2.75, 3.05) is 6.61 Å². The van der Waals surface area contributed by atoms with Crippen molar-refractivity contribution in [2.45, 2.75) is 32.2 Å². The minimum Gasteiger partial charge on any atom is -0.374 e. The molecule has 0 fully saturated rings. The minimum atomic E-state index is -4.65. The van der Waals surface area contributed by atoms with E-state index >= 15 is 0 Å².